The van der Waals surface area contributed by atoms with Crippen molar-refractivity contribution in [2.24, 2.45) is 0 Å². The molecule has 38 heavy (non-hydrogen) atoms. The molecule has 3 aromatic carbocycles. The predicted molar refractivity (Wildman–Crippen MR) is 146 cm³/mol. The van der Waals surface area contributed by atoms with Crippen LogP contribution in [0.4, 0.5) is 10.8 Å². The standard InChI is InChI=1S/C28H15Cl2N3O4S/c29-16-7-5-15(6-8-16)14-32-20-4-2-1-3-19(20)28(26(32)36)22-23(34)18-13-17(30)9-10-21(18)37-24(22)25(35)33(28)27-31-11-12-38-27/h1-13H,14H2. The molecule has 1 spiro atoms. The van der Waals surface area contributed by atoms with Crippen molar-refractivity contribution < 1.29 is 14.0 Å². The van der Waals surface area contributed by atoms with Crippen LogP contribution in [0.15, 0.2) is 87.5 Å². The summed E-state index contributed by atoms with van der Waals surface area (Å²) in [6, 6.07) is 18.9. The molecular formula is C28H15Cl2N3O4S. The van der Waals surface area contributed by atoms with Gasteiger partial charge in [-0.1, -0.05) is 53.5 Å². The number of hydrogen-bond acceptors (Lipinski definition) is 6. The molecule has 2 amide bonds. The summed E-state index contributed by atoms with van der Waals surface area (Å²) in [6.45, 7) is 0.203. The van der Waals surface area contributed by atoms with Gasteiger partial charge in [0.15, 0.2) is 16.1 Å². The smallest absolute Gasteiger partial charge is 0.297 e. The Morgan fingerprint density at radius 2 is 1.71 bits per heavy atom. The van der Waals surface area contributed by atoms with Crippen molar-refractivity contribution in [2.45, 2.75) is 12.1 Å². The summed E-state index contributed by atoms with van der Waals surface area (Å²) in [5.41, 5.74) is -0.215. The number of halogens is 2. The Bertz CT molecular complexity index is 1850. The van der Waals surface area contributed by atoms with Crippen LogP contribution >= 0.6 is 34.5 Å². The molecule has 7 rings (SSSR count). The van der Waals surface area contributed by atoms with Crippen LogP contribution in [0.5, 0.6) is 0 Å². The molecule has 2 aliphatic rings. The minimum absolute atomic E-state index is 0.0384. The van der Waals surface area contributed by atoms with Crippen molar-refractivity contribution >= 4 is 68.1 Å². The maximum atomic E-state index is 14.7. The molecule has 0 saturated carbocycles. The van der Waals surface area contributed by atoms with Gasteiger partial charge in [-0.05, 0) is 42.0 Å². The third kappa shape index (κ3) is 3.02. The van der Waals surface area contributed by atoms with E-state index < -0.39 is 22.8 Å². The summed E-state index contributed by atoms with van der Waals surface area (Å²) >= 11 is 13.5. The summed E-state index contributed by atoms with van der Waals surface area (Å²) in [7, 11) is 0. The number of fused-ring (bicyclic) bond motifs is 5. The molecule has 10 heteroatoms. The van der Waals surface area contributed by atoms with Gasteiger partial charge in [0, 0.05) is 27.2 Å². The molecule has 0 fully saturated rings. The highest BCUT2D eigenvalue weighted by Crippen LogP contribution is 2.54. The number of aromatic nitrogens is 1. The van der Waals surface area contributed by atoms with E-state index in [0.29, 0.717) is 21.3 Å². The Morgan fingerprint density at radius 3 is 2.47 bits per heavy atom. The fraction of sp³-hybridized carbons (Fsp3) is 0.0714. The highest BCUT2D eigenvalue weighted by atomic mass is 35.5. The van der Waals surface area contributed by atoms with E-state index in [-0.39, 0.29) is 34.0 Å². The SMILES string of the molecule is O=C1c2oc3ccc(Cl)cc3c(=O)c2C2(C(=O)N(Cc3ccc(Cl)cc3)c3ccccc32)N1c1nccs1. The van der Waals surface area contributed by atoms with Crippen molar-refractivity contribution in [3.63, 3.8) is 0 Å². The van der Waals surface area contributed by atoms with Gasteiger partial charge in [-0.3, -0.25) is 19.3 Å². The average molecular weight is 560 g/mol. The molecule has 2 aliphatic heterocycles. The molecule has 1 atom stereocenters. The second kappa shape index (κ2) is 8.26. The third-order valence-corrected chi connectivity index (χ3v) is 8.19. The van der Waals surface area contributed by atoms with E-state index in [1.54, 1.807) is 58.9 Å². The molecule has 1 unspecified atom stereocenters. The number of benzene rings is 3. The van der Waals surface area contributed by atoms with Gasteiger partial charge in [-0.15, -0.1) is 11.3 Å². The minimum Gasteiger partial charge on any atom is -0.450 e. The number of carbonyl (C=O) groups is 2. The number of anilines is 2. The number of para-hydroxylation sites is 1. The van der Waals surface area contributed by atoms with Crippen LogP contribution in [0.1, 0.15) is 27.2 Å². The van der Waals surface area contributed by atoms with Gasteiger partial charge < -0.3 is 9.32 Å². The summed E-state index contributed by atoms with van der Waals surface area (Å²) in [5.74, 6) is -1.25. The maximum absolute atomic E-state index is 14.7. The van der Waals surface area contributed by atoms with Crippen molar-refractivity contribution in [2.75, 3.05) is 9.80 Å². The first-order valence-electron chi connectivity index (χ1n) is 11.6. The molecule has 0 N–H and O–H groups in total. The van der Waals surface area contributed by atoms with E-state index in [1.165, 1.54) is 22.3 Å². The quantitative estimate of drug-likeness (QED) is 0.270. The molecule has 0 aliphatic carbocycles. The van der Waals surface area contributed by atoms with Gasteiger partial charge in [0.1, 0.15) is 5.58 Å². The summed E-state index contributed by atoms with van der Waals surface area (Å²) in [6.07, 6.45) is 1.55. The zero-order valence-electron chi connectivity index (χ0n) is 19.4. The lowest BCUT2D eigenvalue weighted by molar-refractivity contribution is -0.121. The fourth-order valence-electron chi connectivity index (χ4n) is 5.39. The maximum Gasteiger partial charge on any atom is 0.297 e. The van der Waals surface area contributed by atoms with E-state index in [2.05, 4.69) is 4.98 Å². The number of thiazole rings is 1. The van der Waals surface area contributed by atoms with Crippen molar-refractivity contribution in [3.8, 4) is 0 Å². The zero-order valence-corrected chi connectivity index (χ0v) is 21.7. The van der Waals surface area contributed by atoms with Crippen LogP contribution < -0.4 is 15.2 Å². The molecule has 186 valence electrons. The summed E-state index contributed by atoms with van der Waals surface area (Å²) in [4.78, 5) is 50.1. The molecule has 4 heterocycles. The third-order valence-electron chi connectivity index (χ3n) is 6.95. The minimum atomic E-state index is -1.80. The van der Waals surface area contributed by atoms with E-state index in [9.17, 15) is 14.4 Å². The summed E-state index contributed by atoms with van der Waals surface area (Å²) in [5, 5.41) is 3.08. The van der Waals surface area contributed by atoms with Gasteiger partial charge >= 0.3 is 0 Å². The topological polar surface area (TPSA) is 83.7 Å². The highest BCUT2D eigenvalue weighted by Gasteiger charge is 2.66. The fourth-order valence-corrected chi connectivity index (χ4v) is 6.38. The van der Waals surface area contributed by atoms with Crippen LogP contribution in [0.3, 0.4) is 0 Å². The van der Waals surface area contributed by atoms with Crippen molar-refractivity contribution in [1.82, 2.24) is 4.98 Å². The Labute approximate surface area is 229 Å². The van der Waals surface area contributed by atoms with E-state index in [1.807, 2.05) is 18.2 Å². The Kier molecular flexibility index (Phi) is 5.03. The van der Waals surface area contributed by atoms with E-state index in [0.717, 1.165) is 5.56 Å². The second-order valence-electron chi connectivity index (χ2n) is 8.98. The second-order valence-corrected chi connectivity index (χ2v) is 10.7. The molecule has 5 aromatic rings. The zero-order chi connectivity index (χ0) is 26.2. The first kappa shape index (κ1) is 23.2. The van der Waals surface area contributed by atoms with Crippen LogP contribution in [0.2, 0.25) is 10.0 Å². The van der Waals surface area contributed by atoms with Crippen molar-refractivity contribution in [3.05, 3.63) is 121 Å². The first-order valence-corrected chi connectivity index (χ1v) is 13.2. The van der Waals surface area contributed by atoms with E-state index >= 15 is 0 Å². The molecule has 0 bridgehead atoms. The van der Waals surface area contributed by atoms with Crippen LogP contribution in [0, 0.1) is 0 Å². The largest absolute Gasteiger partial charge is 0.450 e. The predicted octanol–water partition coefficient (Wildman–Crippen LogP) is 6.01. The molecule has 0 saturated heterocycles. The van der Waals surface area contributed by atoms with E-state index in [4.69, 9.17) is 27.6 Å². The van der Waals surface area contributed by atoms with Gasteiger partial charge in [0.05, 0.1) is 23.2 Å². The number of hydrogen-bond donors (Lipinski definition) is 0. The van der Waals surface area contributed by atoms with Gasteiger partial charge in [-0.2, -0.15) is 0 Å². The lowest BCUT2D eigenvalue weighted by atomic mass is 9.84. The number of nitrogens with zero attached hydrogens (tertiary/aromatic N) is 3. The van der Waals surface area contributed by atoms with Gasteiger partial charge in [0.2, 0.25) is 5.76 Å². The molecule has 0 radical (unpaired) electrons. The van der Waals surface area contributed by atoms with Crippen LogP contribution in [-0.2, 0) is 16.9 Å². The Morgan fingerprint density at radius 1 is 0.947 bits per heavy atom. The average Bonchev–Trinajstić information content (AvgIpc) is 3.59. The number of rotatable bonds is 3. The van der Waals surface area contributed by atoms with Crippen molar-refractivity contribution in [1.29, 1.82) is 0 Å². The monoisotopic (exact) mass is 559 g/mol. The number of amides is 2. The Hall–Kier alpha value is -3.98. The molecule has 7 nitrogen and oxygen atoms in total. The van der Waals surface area contributed by atoms with Crippen LogP contribution in [0.25, 0.3) is 11.0 Å². The normalized spacial score (nSPS) is 18.1. The summed E-state index contributed by atoms with van der Waals surface area (Å²) < 4.78 is 6.04. The first-order chi connectivity index (χ1) is 18.4. The Balaban J connectivity index is 1.55. The lowest BCUT2D eigenvalue weighted by Crippen LogP contribution is -2.53. The lowest BCUT2D eigenvalue weighted by Gasteiger charge is -2.32. The molecule has 2 aromatic heterocycles. The van der Waals surface area contributed by atoms with Crippen LogP contribution in [-0.4, -0.2) is 16.8 Å². The highest BCUT2D eigenvalue weighted by molar-refractivity contribution is 7.13. The molecular weight excluding hydrogens is 545 g/mol. The van der Waals surface area contributed by atoms with Gasteiger partial charge in [0.25, 0.3) is 11.8 Å². The van der Waals surface area contributed by atoms with Gasteiger partial charge in [-0.25, -0.2) is 4.98 Å². The number of carbonyl (C=O) groups excluding carboxylic acids is 2.